The lowest BCUT2D eigenvalue weighted by Crippen LogP contribution is -2.51. The first-order valence-corrected chi connectivity index (χ1v) is 10.0. The molecule has 1 atom stereocenters. The summed E-state index contributed by atoms with van der Waals surface area (Å²) < 4.78 is 19.2. The normalized spacial score (nSPS) is 20.9. The van der Waals surface area contributed by atoms with Gasteiger partial charge in [-0.3, -0.25) is 9.80 Å². The van der Waals surface area contributed by atoms with Crippen LogP contribution in [0, 0.1) is 5.82 Å². The number of rotatable bonds is 6. The molecular formula is C21H28FN3O3. The van der Waals surface area contributed by atoms with Crippen molar-refractivity contribution in [2.24, 2.45) is 0 Å². The number of carbonyl (C=O) groups excluding carboxylic acids is 2. The fourth-order valence-electron chi connectivity index (χ4n) is 3.92. The van der Waals surface area contributed by atoms with Crippen LogP contribution in [0.15, 0.2) is 35.5 Å². The van der Waals surface area contributed by atoms with E-state index < -0.39 is 17.8 Å². The number of hydrogen-bond donors (Lipinski definition) is 1. The van der Waals surface area contributed by atoms with Crippen LogP contribution in [0.4, 0.5) is 9.18 Å². The molecule has 0 aliphatic carbocycles. The summed E-state index contributed by atoms with van der Waals surface area (Å²) in [5.41, 5.74) is 1.57. The summed E-state index contributed by atoms with van der Waals surface area (Å²) in [7, 11) is 0. The van der Waals surface area contributed by atoms with E-state index in [0.29, 0.717) is 29.9 Å². The Morgan fingerprint density at radius 3 is 2.64 bits per heavy atom. The van der Waals surface area contributed by atoms with Crippen molar-refractivity contribution in [1.29, 1.82) is 0 Å². The number of nitrogens with zero attached hydrogens (tertiary/aromatic N) is 2. The topological polar surface area (TPSA) is 61.9 Å². The minimum Gasteiger partial charge on any atom is -0.463 e. The van der Waals surface area contributed by atoms with Crippen molar-refractivity contribution < 1.29 is 18.7 Å². The first-order chi connectivity index (χ1) is 13.5. The Bertz CT molecular complexity index is 759. The number of likely N-dealkylation sites (tertiary alicyclic amines) is 1. The van der Waals surface area contributed by atoms with Crippen LogP contribution in [0.2, 0.25) is 0 Å². The Morgan fingerprint density at radius 1 is 1.25 bits per heavy atom. The van der Waals surface area contributed by atoms with Gasteiger partial charge in [0.15, 0.2) is 0 Å². The maximum atomic E-state index is 13.8. The standard InChI is InChI=1S/C21H28FN3O3/c1-3-25-17(14-24-11-6-5-7-12-24)18(20(26)28-4-2)19(23-21(25)27)15-9-8-10-16(22)13-15/h8-10,13,19H,3-7,11-12,14H2,1-2H3,(H,23,27)/t19-/m0/s1. The average molecular weight is 389 g/mol. The molecule has 0 aromatic heterocycles. The third-order valence-electron chi connectivity index (χ3n) is 5.25. The molecule has 1 aromatic rings. The second kappa shape index (κ2) is 9.19. The van der Waals surface area contributed by atoms with E-state index >= 15 is 0 Å². The number of halogens is 1. The highest BCUT2D eigenvalue weighted by molar-refractivity contribution is 5.95. The zero-order chi connectivity index (χ0) is 20.1. The van der Waals surface area contributed by atoms with Gasteiger partial charge in [0.1, 0.15) is 5.82 Å². The molecule has 1 aromatic carbocycles. The predicted molar refractivity (Wildman–Crippen MR) is 104 cm³/mol. The van der Waals surface area contributed by atoms with E-state index in [1.165, 1.54) is 18.6 Å². The van der Waals surface area contributed by atoms with Crippen LogP contribution in [-0.2, 0) is 9.53 Å². The van der Waals surface area contributed by atoms with Crippen molar-refractivity contribution >= 4 is 12.0 Å². The Kier molecular flexibility index (Phi) is 6.67. The number of ether oxygens (including phenoxy) is 1. The number of carbonyl (C=O) groups is 2. The summed E-state index contributed by atoms with van der Waals surface area (Å²) in [6.45, 7) is 6.66. The fraction of sp³-hybridized carbons (Fsp3) is 0.524. The minimum absolute atomic E-state index is 0.231. The first kappa shape index (κ1) is 20.3. The van der Waals surface area contributed by atoms with Gasteiger partial charge in [-0.15, -0.1) is 0 Å². The van der Waals surface area contributed by atoms with E-state index in [1.807, 2.05) is 6.92 Å². The molecule has 2 heterocycles. The number of hydrogen-bond acceptors (Lipinski definition) is 4. The lowest BCUT2D eigenvalue weighted by atomic mass is 9.94. The van der Waals surface area contributed by atoms with Gasteiger partial charge in [0.05, 0.1) is 18.2 Å². The summed E-state index contributed by atoms with van der Waals surface area (Å²) in [6.07, 6.45) is 3.41. The number of amides is 2. The van der Waals surface area contributed by atoms with E-state index in [1.54, 1.807) is 24.0 Å². The lowest BCUT2D eigenvalue weighted by Gasteiger charge is -2.38. The molecule has 2 aliphatic rings. The number of piperidine rings is 1. The molecule has 3 rings (SSSR count). The van der Waals surface area contributed by atoms with Gasteiger partial charge in [0, 0.05) is 18.8 Å². The van der Waals surface area contributed by atoms with Crippen LogP contribution in [0.5, 0.6) is 0 Å². The largest absolute Gasteiger partial charge is 0.463 e. The SMILES string of the molecule is CCOC(=O)C1=C(CN2CCCCC2)N(CC)C(=O)N[C@H]1c1cccc(F)c1. The lowest BCUT2D eigenvalue weighted by molar-refractivity contribution is -0.139. The molecule has 2 amide bonds. The maximum absolute atomic E-state index is 13.8. The van der Waals surface area contributed by atoms with Crippen molar-refractivity contribution in [1.82, 2.24) is 15.1 Å². The van der Waals surface area contributed by atoms with Gasteiger partial charge in [-0.2, -0.15) is 0 Å². The van der Waals surface area contributed by atoms with E-state index in [-0.39, 0.29) is 12.6 Å². The summed E-state index contributed by atoms with van der Waals surface area (Å²) in [6, 6.07) is 4.98. The van der Waals surface area contributed by atoms with Crippen molar-refractivity contribution in [2.75, 3.05) is 32.8 Å². The van der Waals surface area contributed by atoms with Crippen LogP contribution in [0.25, 0.3) is 0 Å². The molecule has 0 spiro atoms. The fourth-order valence-corrected chi connectivity index (χ4v) is 3.92. The van der Waals surface area contributed by atoms with Gasteiger partial charge in [-0.05, 0) is 57.5 Å². The van der Waals surface area contributed by atoms with Crippen LogP contribution >= 0.6 is 0 Å². The maximum Gasteiger partial charge on any atom is 0.338 e. The van der Waals surface area contributed by atoms with Crippen LogP contribution in [0.3, 0.4) is 0 Å². The van der Waals surface area contributed by atoms with Crippen molar-refractivity contribution in [3.63, 3.8) is 0 Å². The van der Waals surface area contributed by atoms with Gasteiger partial charge in [0.25, 0.3) is 0 Å². The van der Waals surface area contributed by atoms with E-state index in [0.717, 1.165) is 25.9 Å². The molecule has 0 radical (unpaired) electrons. The third kappa shape index (κ3) is 4.35. The van der Waals surface area contributed by atoms with Crippen LogP contribution in [-0.4, -0.2) is 54.6 Å². The predicted octanol–water partition coefficient (Wildman–Crippen LogP) is 3.22. The summed E-state index contributed by atoms with van der Waals surface area (Å²) in [5.74, 6) is -0.882. The molecule has 1 N–H and O–H groups in total. The smallest absolute Gasteiger partial charge is 0.338 e. The monoisotopic (exact) mass is 389 g/mol. The van der Waals surface area contributed by atoms with Crippen molar-refractivity contribution in [2.45, 2.75) is 39.2 Å². The summed E-state index contributed by atoms with van der Waals surface area (Å²) in [4.78, 5) is 29.6. The second-order valence-electron chi connectivity index (χ2n) is 7.10. The highest BCUT2D eigenvalue weighted by Gasteiger charge is 2.38. The molecule has 0 unspecified atom stereocenters. The highest BCUT2D eigenvalue weighted by Crippen LogP contribution is 2.32. The molecule has 7 heteroatoms. The van der Waals surface area contributed by atoms with E-state index in [9.17, 15) is 14.0 Å². The zero-order valence-electron chi connectivity index (χ0n) is 16.5. The van der Waals surface area contributed by atoms with Crippen LogP contribution < -0.4 is 5.32 Å². The Balaban J connectivity index is 2.08. The molecular weight excluding hydrogens is 361 g/mol. The molecule has 0 bridgehead atoms. The highest BCUT2D eigenvalue weighted by atomic mass is 19.1. The number of urea groups is 1. The van der Waals surface area contributed by atoms with Gasteiger partial charge >= 0.3 is 12.0 Å². The summed E-state index contributed by atoms with van der Waals surface area (Å²) in [5, 5.41) is 2.86. The van der Waals surface area contributed by atoms with Gasteiger partial charge in [-0.25, -0.2) is 14.0 Å². The Morgan fingerprint density at radius 2 is 2.00 bits per heavy atom. The van der Waals surface area contributed by atoms with Crippen LogP contribution in [0.1, 0.15) is 44.7 Å². The number of likely N-dealkylation sites (N-methyl/N-ethyl adjacent to an activating group) is 1. The number of benzene rings is 1. The molecule has 28 heavy (non-hydrogen) atoms. The first-order valence-electron chi connectivity index (χ1n) is 10.0. The van der Waals surface area contributed by atoms with Gasteiger partial charge < -0.3 is 10.1 Å². The molecule has 2 aliphatic heterocycles. The Labute approximate surface area is 165 Å². The van der Waals surface area contributed by atoms with E-state index in [4.69, 9.17) is 4.74 Å². The number of esters is 1. The molecule has 6 nitrogen and oxygen atoms in total. The third-order valence-corrected chi connectivity index (χ3v) is 5.25. The van der Waals surface area contributed by atoms with E-state index in [2.05, 4.69) is 10.2 Å². The van der Waals surface area contributed by atoms with Crippen molar-refractivity contribution in [3.8, 4) is 0 Å². The van der Waals surface area contributed by atoms with Gasteiger partial charge in [-0.1, -0.05) is 18.6 Å². The summed E-state index contributed by atoms with van der Waals surface area (Å²) >= 11 is 0. The van der Waals surface area contributed by atoms with Gasteiger partial charge in [0.2, 0.25) is 0 Å². The quantitative estimate of drug-likeness (QED) is 0.759. The molecule has 152 valence electrons. The molecule has 1 fully saturated rings. The molecule has 0 saturated carbocycles. The average Bonchev–Trinajstić information content (AvgIpc) is 2.68. The minimum atomic E-state index is -0.732. The second-order valence-corrected chi connectivity index (χ2v) is 7.10. The van der Waals surface area contributed by atoms with Crippen molar-refractivity contribution in [3.05, 3.63) is 46.9 Å². The molecule has 1 saturated heterocycles. The Hall–Kier alpha value is -2.41. The zero-order valence-corrected chi connectivity index (χ0v) is 16.5. The number of nitrogens with one attached hydrogen (secondary N) is 1.